The molecule has 0 radical (unpaired) electrons. The number of aromatic amines is 1. The molecule has 0 aliphatic carbocycles. The predicted octanol–water partition coefficient (Wildman–Crippen LogP) is 4.92. The first-order valence-corrected chi connectivity index (χ1v) is 11.9. The zero-order chi connectivity index (χ0) is 21.5. The zero-order valence-electron chi connectivity index (χ0n) is 16.4. The summed E-state index contributed by atoms with van der Waals surface area (Å²) in [6, 6.07) is 13.4. The minimum atomic E-state index is -0.141. The van der Waals surface area contributed by atoms with Crippen LogP contribution in [-0.4, -0.2) is 36.5 Å². The van der Waals surface area contributed by atoms with Crippen molar-refractivity contribution in [2.45, 2.75) is 11.6 Å². The van der Waals surface area contributed by atoms with Crippen LogP contribution in [0.15, 0.2) is 56.9 Å². The van der Waals surface area contributed by atoms with E-state index in [9.17, 15) is 4.79 Å². The molecule has 2 aromatic carbocycles. The van der Waals surface area contributed by atoms with Crippen LogP contribution in [0.1, 0.15) is 11.3 Å². The van der Waals surface area contributed by atoms with Crippen LogP contribution in [0.3, 0.4) is 0 Å². The monoisotopic (exact) mass is 602 g/mol. The normalized spacial score (nSPS) is 10.7. The Labute approximate surface area is 201 Å². The highest BCUT2D eigenvalue weighted by Gasteiger charge is 2.12. The second kappa shape index (κ2) is 11.1. The van der Waals surface area contributed by atoms with Gasteiger partial charge in [0, 0.05) is 16.6 Å². The number of nitrogens with zero attached hydrogens (tertiary/aromatic N) is 1. The first-order chi connectivity index (χ1) is 14.5. The number of benzene rings is 2. The third-order valence-electron chi connectivity index (χ3n) is 4.13. The molecule has 0 saturated carbocycles. The van der Waals surface area contributed by atoms with Gasteiger partial charge in [-0.15, -0.1) is 0 Å². The number of halogens is 2. The van der Waals surface area contributed by atoms with E-state index >= 15 is 0 Å². The van der Waals surface area contributed by atoms with Gasteiger partial charge >= 0.3 is 0 Å². The van der Waals surface area contributed by atoms with Crippen molar-refractivity contribution < 1.29 is 14.2 Å². The lowest BCUT2D eigenvalue weighted by molar-refractivity contribution is 0.344. The lowest BCUT2D eigenvalue weighted by Crippen LogP contribution is -2.17. The first-order valence-electron chi connectivity index (χ1n) is 9.01. The van der Waals surface area contributed by atoms with E-state index in [0.29, 0.717) is 39.0 Å². The van der Waals surface area contributed by atoms with Crippen molar-refractivity contribution in [1.29, 1.82) is 0 Å². The van der Waals surface area contributed by atoms with E-state index in [2.05, 4.69) is 25.9 Å². The lowest BCUT2D eigenvalue weighted by Gasteiger charge is -2.11. The minimum Gasteiger partial charge on any atom is -0.493 e. The van der Waals surface area contributed by atoms with Gasteiger partial charge in [-0.2, -0.15) is 0 Å². The van der Waals surface area contributed by atoms with Crippen LogP contribution in [0, 0.1) is 3.57 Å². The molecule has 3 aromatic rings. The summed E-state index contributed by atoms with van der Waals surface area (Å²) >= 11 is 6.89. The van der Waals surface area contributed by atoms with Crippen LogP contribution in [0.25, 0.3) is 0 Å². The molecule has 0 fully saturated rings. The third-order valence-corrected chi connectivity index (χ3v) is 6.61. The number of hydrogen-bond donors (Lipinski definition) is 1. The number of hydrogen-bond acceptors (Lipinski definition) is 6. The van der Waals surface area contributed by atoms with Crippen molar-refractivity contribution in [3.8, 4) is 17.2 Å². The van der Waals surface area contributed by atoms with E-state index in [0.717, 1.165) is 21.5 Å². The fourth-order valence-corrected chi connectivity index (χ4v) is 4.09. The molecule has 0 unspecified atom stereocenters. The maximum absolute atomic E-state index is 12.4. The van der Waals surface area contributed by atoms with E-state index in [4.69, 9.17) is 14.2 Å². The molecule has 158 valence electrons. The summed E-state index contributed by atoms with van der Waals surface area (Å²) in [4.78, 5) is 19.8. The number of nitrogens with one attached hydrogen (secondary N) is 1. The zero-order valence-corrected chi connectivity index (χ0v) is 21.0. The van der Waals surface area contributed by atoms with Crippen molar-refractivity contribution >= 4 is 50.3 Å². The summed E-state index contributed by atoms with van der Waals surface area (Å²) in [6.07, 6.45) is 0.519. The molecule has 1 heterocycles. The summed E-state index contributed by atoms with van der Waals surface area (Å²) in [5, 5.41) is 0.579. The largest absolute Gasteiger partial charge is 0.493 e. The van der Waals surface area contributed by atoms with Gasteiger partial charge < -0.3 is 19.2 Å². The van der Waals surface area contributed by atoms with Crippen LogP contribution >= 0.6 is 50.3 Å². The van der Waals surface area contributed by atoms with Gasteiger partial charge in [0.25, 0.3) is 5.56 Å². The number of rotatable bonds is 9. The van der Waals surface area contributed by atoms with Crippen molar-refractivity contribution in [1.82, 2.24) is 9.97 Å². The predicted molar refractivity (Wildman–Crippen MR) is 130 cm³/mol. The van der Waals surface area contributed by atoms with Crippen molar-refractivity contribution in [3.05, 3.63) is 72.1 Å². The van der Waals surface area contributed by atoms with E-state index in [1.165, 1.54) is 11.8 Å². The maximum Gasteiger partial charge on any atom is 0.265 e. The molecule has 1 N–H and O–H groups in total. The highest BCUT2D eigenvalue weighted by atomic mass is 127. The Morgan fingerprint density at radius 2 is 1.83 bits per heavy atom. The van der Waals surface area contributed by atoms with Crippen LogP contribution in [-0.2, 0) is 6.42 Å². The number of ether oxygens (including phenoxy) is 3. The Kier molecular flexibility index (Phi) is 8.46. The molecular formula is C21H20BrIN2O4S. The molecule has 0 aliphatic heterocycles. The van der Waals surface area contributed by atoms with Crippen molar-refractivity contribution in [2.24, 2.45) is 0 Å². The molecule has 0 saturated heterocycles. The first kappa shape index (κ1) is 23.0. The SMILES string of the molecule is COc1ccc(Cc2nc(SCCOc3ccc(Br)cc3)[nH]c(=O)c2I)cc1OC. The smallest absolute Gasteiger partial charge is 0.265 e. The number of aromatic nitrogens is 2. The minimum absolute atomic E-state index is 0.141. The van der Waals surface area contributed by atoms with Crippen LogP contribution in [0.4, 0.5) is 0 Å². The summed E-state index contributed by atoms with van der Waals surface area (Å²) < 4.78 is 18.0. The third kappa shape index (κ3) is 6.14. The maximum atomic E-state index is 12.4. The number of thioether (sulfide) groups is 1. The molecule has 30 heavy (non-hydrogen) atoms. The van der Waals surface area contributed by atoms with Gasteiger partial charge in [-0.1, -0.05) is 33.8 Å². The van der Waals surface area contributed by atoms with Gasteiger partial charge in [0.1, 0.15) is 9.32 Å². The summed E-state index contributed by atoms with van der Waals surface area (Å²) in [5.41, 5.74) is 1.57. The Morgan fingerprint density at radius 3 is 2.53 bits per heavy atom. The molecule has 6 nitrogen and oxygen atoms in total. The van der Waals surface area contributed by atoms with E-state index in [-0.39, 0.29) is 5.56 Å². The van der Waals surface area contributed by atoms with Crippen molar-refractivity contribution in [2.75, 3.05) is 26.6 Å². The van der Waals surface area contributed by atoms with E-state index in [1.54, 1.807) is 14.2 Å². The van der Waals surface area contributed by atoms with E-state index < -0.39 is 0 Å². The Hall–Kier alpha value is -1.72. The lowest BCUT2D eigenvalue weighted by atomic mass is 10.1. The standard InChI is InChI=1S/C21H20BrIN2O4S/c1-27-17-8-3-13(12-18(17)28-2)11-16-19(23)20(26)25-21(24-16)30-10-9-29-15-6-4-14(22)5-7-15/h3-8,12H,9-11H2,1-2H3,(H,24,25,26). The number of H-pyrrole nitrogens is 1. The van der Waals surface area contributed by atoms with Gasteiger partial charge in [0.2, 0.25) is 0 Å². The second-order valence-electron chi connectivity index (χ2n) is 6.15. The quantitative estimate of drug-likeness (QED) is 0.162. The molecule has 9 heteroatoms. The highest BCUT2D eigenvalue weighted by Crippen LogP contribution is 2.28. The van der Waals surface area contributed by atoms with Crippen LogP contribution < -0.4 is 19.8 Å². The second-order valence-corrected chi connectivity index (χ2v) is 9.23. The number of methoxy groups -OCH3 is 2. The topological polar surface area (TPSA) is 73.4 Å². The fraction of sp³-hybridized carbons (Fsp3) is 0.238. The van der Waals surface area contributed by atoms with Crippen molar-refractivity contribution in [3.63, 3.8) is 0 Å². The molecular weight excluding hydrogens is 583 g/mol. The van der Waals surface area contributed by atoms with Gasteiger partial charge in [-0.25, -0.2) is 4.98 Å². The molecule has 0 aliphatic rings. The summed E-state index contributed by atoms with van der Waals surface area (Å²) in [7, 11) is 3.20. The fourth-order valence-electron chi connectivity index (χ4n) is 2.68. The summed E-state index contributed by atoms with van der Waals surface area (Å²) in [5.74, 6) is 2.78. The molecule has 0 spiro atoms. The Morgan fingerprint density at radius 1 is 1.10 bits per heavy atom. The van der Waals surface area contributed by atoms with Crippen LogP contribution in [0.5, 0.6) is 17.2 Å². The molecule has 3 rings (SSSR count). The van der Waals surface area contributed by atoms with Gasteiger partial charge in [0.05, 0.1) is 26.5 Å². The average Bonchev–Trinajstić information content (AvgIpc) is 2.75. The van der Waals surface area contributed by atoms with Gasteiger partial charge in [-0.05, 0) is 64.6 Å². The summed E-state index contributed by atoms with van der Waals surface area (Å²) in [6.45, 7) is 0.507. The van der Waals surface area contributed by atoms with Crippen LogP contribution in [0.2, 0.25) is 0 Å². The molecule has 0 amide bonds. The van der Waals surface area contributed by atoms with Gasteiger partial charge in [-0.3, -0.25) is 4.79 Å². The molecule has 0 atom stereocenters. The Balaban J connectivity index is 1.66. The van der Waals surface area contributed by atoms with Gasteiger partial charge in [0.15, 0.2) is 16.7 Å². The molecule has 0 bridgehead atoms. The van der Waals surface area contributed by atoms with E-state index in [1.807, 2.05) is 65.1 Å². The highest BCUT2D eigenvalue weighted by molar-refractivity contribution is 14.1. The average molecular weight is 603 g/mol. The molecule has 1 aromatic heterocycles. The Bertz CT molecular complexity index is 1060.